The van der Waals surface area contributed by atoms with Gasteiger partial charge in [-0.2, -0.15) is 0 Å². The highest BCUT2D eigenvalue weighted by atomic mass is 31.2. The van der Waals surface area contributed by atoms with E-state index in [2.05, 4.69) is 48.5 Å². The van der Waals surface area contributed by atoms with Gasteiger partial charge in [-0.25, -0.2) is 0 Å². The first-order chi connectivity index (χ1) is 16.0. The Balaban J connectivity index is 1.92. The lowest BCUT2D eigenvalue weighted by molar-refractivity contribution is 0.408. The number of methoxy groups -OCH3 is 1. The molecule has 1 unspecified atom stereocenters. The molecule has 0 heterocycles. The Kier molecular flexibility index (Phi) is 6.99. The zero-order valence-corrected chi connectivity index (χ0v) is 21.2. The summed E-state index contributed by atoms with van der Waals surface area (Å²) in [5.74, 6) is 0.805. The standard InChI is InChI=1S/C28H30NO2PSi/c1-31-27-22-14-13-21-26(27)28(33(2,3)25-19-11-6-12-20-25)29-32(30,23-15-7-4-8-16-23)24-17-9-5-10-18-24/h4-22,28H,1-3H3,(H,29,30). The van der Waals surface area contributed by atoms with Crippen molar-refractivity contribution in [1.29, 1.82) is 0 Å². The van der Waals surface area contributed by atoms with Gasteiger partial charge >= 0.3 is 0 Å². The second kappa shape index (κ2) is 9.92. The normalized spacial score (nSPS) is 12.8. The number of hydrogen-bond donors (Lipinski definition) is 1. The zero-order chi connectivity index (χ0) is 23.3. The maximum atomic E-state index is 14.9. The van der Waals surface area contributed by atoms with Crippen LogP contribution in [0.1, 0.15) is 11.2 Å². The molecule has 0 spiro atoms. The fraction of sp³-hybridized carbons (Fsp3) is 0.143. The monoisotopic (exact) mass is 471 g/mol. The van der Waals surface area contributed by atoms with Gasteiger partial charge in [-0.15, -0.1) is 0 Å². The van der Waals surface area contributed by atoms with Crippen molar-refractivity contribution in [3.63, 3.8) is 0 Å². The van der Waals surface area contributed by atoms with Crippen LogP contribution in [0.25, 0.3) is 0 Å². The van der Waals surface area contributed by atoms with E-state index in [0.717, 1.165) is 21.9 Å². The Morgan fingerprint density at radius 3 is 1.67 bits per heavy atom. The third kappa shape index (κ3) is 4.74. The van der Waals surface area contributed by atoms with Crippen molar-refractivity contribution >= 4 is 31.2 Å². The van der Waals surface area contributed by atoms with Gasteiger partial charge in [0.15, 0.2) is 0 Å². The van der Waals surface area contributed by atoms with Crippen molar-refractivity contribution in [2.45, 2.75) is 18.8 Å². The Bertz CT molecular complexity index is 1190. The molecular weight excluding hydrogens is 441 g/mol. The first kappa shape index (κ1) is 23.3. The molecule has 0 amide bonds. The number of ether oxygens (including phenoxy) is 1. The molecule has 0 saturated heterocycles. The molecule has 33 heavy (non-hydrogen) atoms. The summed E-state index contributed by atoms with van der Waals surface area (Å²) < 4.78 is 20.7. The fourth-order valence-electron chi connectivity index (χ4n) is 4.31. The molecule has 3 nitrogen and oxygen atoms in total. The lowest BCUT2D eigenvalue weighted by Crippen LogP contribution is -2.53. The minimum atomic E-state index is -3.16. The molecule has 1 N–H and O–H groups in total. The summed E-state index contributed by atoms with van der Waals surface area (Å²) in [4.78, 5) is 0. The molecule has 0 saturated carbocycles. The summed E-state index contributed by atoms with van der Waals surface area (Å²) in [6.07, 6.45) is 0. The number of rotatable bonds is 8. The third-order valence-electron chi connectivity index (χ3n) is 6.24. The highest BCUT2D eigenvalue weighted by Gasteiger charge is 2.41. The highest BCUT2D eigenvalue weighted by Crippen LogP contribution is 2.45. The summed E-state index contributed by atoms with van der Waals surface area (Å²) in [5, 5.41) is 6.62. The quantitative estimate of drug-likeness (QED) is 0.276. The van der Waals surface area contributed by atoms with E-state index in [1.165, 1.54) is 5.19 Å². The molecular formula is C28H30NO2PSi. The van der Waals surface area contributed by atoms with Gasteiger partial charge in [-0.3, -0.25) is 9.65 Å². The van der Waals surface area contributed by atoms with Crippen LogP contribution in [0.5, 0.6) is 5.75 Å². The second-order valence-corrected chi connectivity index (χ2v) is 15.8. The van der Waals surface area contributed by atoms with Gasteiger partial charge in [-0.1, -0.05) is 103 Å². The van der Waals surface area contributed by atoms with E-state index < -0.39 is 15.4 Å². The average molecular weight is 472 g/mol. The van der Waals surface area contributed by atoms with Crippen molar-refractivity contribution in [3.8, 4) is 5.75 Å². The van der Waals surface area contributed by atoms with Gasteiger partial charge in [0.1, 0.15) is 13.8 Å². The van der Waals surface area contributed by atoms with Crippen molar-refractivity contribution < 1.29 is 9.30 Å². The van der Waals surface area contributed by atoms with E-state index in [9.17, 15) is 4.57 Å². The highest BCUT2D eigenvalue weighted by molar-refractivity contribution is 7.77. The molecule has 168 valence electrons. The molecule has 4 aromatic rings. The fourth-order valence-corrected chi connectivity index (χ4v) is 10.8. The van der Waals surface area contributed by atoms with Crippen molar-refractivity contribution in [2.75, 3.05) is 7.11 Å². The van der Waals surface area contributed by atoms with E-state index in [1.807, 2.05) is 84.9 Å². The SMILES string of the molecule is COc1ccccc1C(NP(=O)(c1ccccc1)c1ccccc1)[Si](C)(C)c1ccccc1. The van der Waals surface area contributed by atoms with Crippen LogP contribution in [0, 0.1) is 0 Å². The van der Waals surface area contributed by atoms with E-state index in [1.54, 1.807) is 7.11 Å². The predicted molar refractivity (Wildman–Crippen MR) is 142 cm³/mol. The molecule has 4 aromatic carbocycles. The van der Waals surface area contributed by atoms with Gasteiger partial charge in [0.05, 0.1) is 7.11 Å². The summed E-state index contributed by atoms with van der Waals surface area (Å²) >= 11 is 0. The molecule has 4 rings (SSSR count). The van der Waals surface area contributed by atoms with Crippen LogP contribution in [0.4, 0.5) is 0 Å². The predicted octanol–water partition coefficient (Wildman–Crippen LogP) is 5.41. The molecule has 0 aliphatic heterocycles. The number of nitrogens with one attached hydrogen (secondary N) is 1. The Hall–Kier alpha value is -2.91. The van der Waals surface area contributed by atoms with Crippen LogP contribution in [-0.4, -0.2) is 15.2 Å². The largest absolute Gasteiger partial charge is 0.496 e. The summed E-state index contributed by atoms with van der Waals surface area (Å²) in [7, 11) is -3.70. The third-order valence-corrected chi connectivity index (χ3v) is 12.9. The van der Waals surface area contributed by atoms with Crippen molar-refractivity contribution in [1.82, 2.24) is 5.09 Å². The van der Waals surface area contributed by atoms with E-state index >= 15 is 0 Å². The molecule has 0 radical (unpaired) electrons. The second-order valence-electron chi connectivity index (χ2n) is 8.67. The Morgan fingerprint density at radius 1 is 0.697 bits per heavy atom. The van der Waals surface area contributed by atoms with Crippen LogP contribution in [0.15, 0.2) is 115 Å². The Morgan fingerprint density at radius 2 is 1.15 bits per heavy atom. The maximum Gasteiger partial charge on any atom is 0.204 e. The van der Waals surface area contributed by atoms with E-state index in [4.69, 9.17) is 4.74 Å². The summed E-state index contributed by atoms with van der Waals surface area (Å²) in [5.41, 5.74) is 0.884. The number of benzene rings is 4. The van der Waals surface area contributed by atoms with Crippen molar-refractivity contribution in [3.05, 3.63) is 121 Å². The van der Waals surface area contributed by atoms with Gasteiger partial charge in [0, 0.05) is 21.8 Å². The molecule has 0 bridgehead atoms. The van der Waals surface area contributed by atoms with E-state index in [-0.39, 0.29) is 5.67 Å². The van der Waals surface area contributed by atoms with Gasteiger partial charge < -0.3 is 4.74 Å². The van der Waals surface area contributed by atoms with Crippen LogP contribution >= 0.6 is 7.29 Å². The van der Waals surface area contributed by atoms with E-state index in [0.29, 0.717) is 0 Å². The van der Waals surface area contributed by atoms with Crippen LogP contribution in [0.2, 0.25) is 13.1 Å². The molecule has 0 fully saturated rings. The van der Waals surface area contributed by atoms with Crippen LogP contribution < -0.4 is 25.6 Å². The molecule has 0 aromatic heterocycles. The topological polar surface area (TPSA) is 38.3 Å². The first-order valence-corrected chi connectivity index (χ1v) is 15.9. The number of hydrogen-bond acceptors (Lipinski definition) is 2. The van der Waals surface area contributed by atoms with Gasteiger partial charge in [0.2, 0.25) is 7.29 Å². The van der Waals surface area contributed by atoms with Gasteiger partial charge in [-0.05, 0) is 30.3 Å². The minimum absolute atomic E-state index is 0.151. The smallest absolute Gasteiger partial charge is 0.204 e. The molecule has 5 heteroatoms. The molecule has 0 aliphatic carbocycles. The molecule has 1 atom stereocenters. The zero-order valence-electron chi connectivity index (χ0n) is 19.3. The number of para-hydroxylation sites is 1. The Labute approximate surface area is 197 Å². The van der Waals surface area contributed by atoms with Crippen LogP contribution in [-0.2, 0) is 4.57 Å². The molecule has 0 aliphatic rings. The minimum Gasteiger partial charge on any atom is -0.496 e. The lowest BCUT2D eigenvalue weighted by atomic mass is 10.2. The summed E-state index contributed by atoms with van der Waals surface area (Å²) in [6, 6.07) is 38.2. The summed E-state index contributed by atoms with van der Waals surface area (Å²) in [6.45, 7) is 4.65. The lowest BCUT2D eigenvalue weighted by Gasteiger charge is -2.38. The first-order valence-electron chi connectivity index (χ1n) is 11.1. The van der Waals surface area contributed by atoms with Crippen LogP contribution in [0.3, 0.4) is 0 Å². The average Bonchev–Trinajstić information content (AvgIpc) is 2.88. The van der Waals surface area contributed by atoms with Crippen molar-refractivity contribution in [2.24, 2.45) is 0 Å². The maximum absolute atomic E-state index is 14.9. The van der Waals surface area contributed by atoms with Gasteiger partial charge in [0.25, 0.3) is 0 Å².